The average molecular weight is 448 g/mol. The van der Waals surface area contributed by atoms with E-state index in [1.54, 1.807) is 0 Å². The fourth-order valence-electron chi connectivity index (χ4n) is 3.89. The molecule has 168 valence electrons. The average Bonchev–Trinajstić information content (AvgIpc) is 3.12. The molecule has 33 heavy (non-hydrogen) atoms. The number of carbonyl (C=O) groups is 3. The van der Waals surface area contributed by atoms with Crippen molar-refractivity contribution >= 4 is 23.7 Å². The Morgan fingerprint density at radius 3 is 2.18 bits per heavy atom. The van der Waals surface area contributed by atoms with Crippen molar-refractivity contribution in [1.82, 2.24) is 5.32 Å². The molecule has 4 rings (SSSR count). The number of halogens is 1. The van der Waals surface area contributed by atoms with Crippen LogP contribution in [-0.4, -0.2) is 36.2 Å². The van der Waals surface area contributed by atoms with Gasteiger partial charge in [0.05, 0.1) is 11.3 Å². The van der Waals surface area contributed by atoms with Crippen LogP contribution in [0.1, 0.15) is 33.8 Å². The van der Waals surface area contributed by atoms with Gasteiger partial charge in [0.1, 0.15) is 12.4 Å². The van der Waals surface area contributed by atoms with Gasteiger partial charge < -0.3 is 20.5 Å². The lowest BCUT2D eigenvalue weighted by atomic mass is 9.98. The maximum Gasteiger partial charge on any atom is 0.407 e. The molecule has 0 radical (unpaired) electrons. The van der Waals surface area contributed by atoms with Crippen molar-refractivity contribution in [3.63, 3.8) is 0 Å². The van der Waals surface area contributed by atoms with Crippen LogP contribution in [0.4, 0.5) is 14.9 Å². The van der Waals surface area contributed by atoms with Gasteiger partial charge >= 0.3 is 12.1 Å². The minimum absolute atomic E-state index is 0.00264. The second-order valence-corrected chi connectivity index (χ2v) is 7.55. The molecule has 1 aliphatic rings. The summed E-state index contributed by atoms with van der Waals surface area (Å²) in [5.41, 5.74) is 4.10. The summed E-state index contributed by atoms with van der Waals surface area (Å²) in [5.74, 6) is -2.72. The molecule has 2 amide bonds. The molecule has 0 atom stereocenters. The van der Waals surface area contributed by atoms with Crippen LogP contribution in [0.15, 0.2) is 66.7 Å². The summed E-state index contributed by atoms with van der Waals surface area (Å²) in [6.45, 7) is 0.157. The molecule has 0 saturated carbocycles. The number of hydrogen-bond acceptors (Lipinski definition) is 4. The predicted octanol–water partition coefficient (Wildman–Crippen LogP) is 4.39. The number of alkyl carbamates (subject to hydrolysis) is 1. The van der Waals surface area contributed by atoms with E-state index in [-0.39, 0.29) is 36.7 Å². The van der Waals surface area contributed by atoms with E-state index in [1.165, 1.54) is 12.1 Å². The molecule has 0 aliphatic heterocycles. The van der Waals surface area contributed by atoms with Crippen molar-refractivity contribution in [3.05, 3.63) is 89.2 Å². The molecule has 0 aromatic heterocycles. The molecular weight excluding hydrogens is 427 g/mol. The topological polar surface area (TPSA) is 105 Å². The van der Waals surface area contributed by atoms with Crippen molar-refractivity contribution in [2.24, 2.45) is 0 Å². The molecule has 0 spiro atoms. The van der Waals surface area contributed by atoms with Crippen molar-refractivity contribution in [2.45, 2.75) is 12.3 Å². The number of benzene rings is 3. The molecule has 0 fully saturated rings. The normalized spacial score (nSPS) is 11.9. The highest BCUT2D eigenvalue weighted by molar-refractivity contribution is 5.93. The molecule has 0 bridgehead atoms. The molecule has 3 N–H and O–H groups in total. The van der Waals surface area contributed by atoms with Crippen molar-refractivity contribution in [1.29, 1.82) is 0 Å². The van der Waals surface area contributed by atoms with E-state index >= 15 is 0 Å². The summed E-state index contributed by atoms with van der Waals surface area (Å²) in [7, 11) is 0. The highest BCUT2D eigenvalue weighted by Crippen LogP contribution is 2.44. The van der Waals surface area contributed by atoms with E-state index in [0.717, 1.165) is 28.3 Å². The Morgan fingerprint density at radius 2 is 1.58 bits per heavy atom. The molecule has 0 heterocycles. The fraction of sp³-hybridized carbons (Fsp3) is 0.160. The van der Waals surface area contributed by atoms with Crippen LogP contribution < -0.4 is 10.6 Å². The van der Waals surface area contributed by atoms with Gasteiger partial charge in [0.25, 0.3) is 0 Å². The summed E-state index contributed by atoms with van der Waals surface area (Å²) in [6, 6.07) is 19.2. The first-order valence-corrected chi connectivity index (χ1v) is 10.4. The number of carboxylic acid groups (broad SMARTS) is 1. The van der Waals surface area contributed by atoms with Crippen LogP contribution in [0.5, 0.6) is 0 Å². The molecule has 3 aromatic rings. The van der Waals surface area contributed by atoms with Gasteiger partial charge in [-0.3, -0.25) is 4.79 Å². The van der Waals surface area contributed by atoms with Crippen LogP contribution in [0.2, 0.25) is 0 Å². The lowest BCUT2D eigenvalue weighted by molar-refractivity contribution is -0.116. The second kappa shape index (κ2) is 9.52. The number of aromatic carboxylic acids is 1. The number of anilines is 1. The number of fused-ring (bicyclic) bond motifs is 3. The van der Waals surface area contributed by atoms with E-state index in [9.17, 15) is 18.8 Å². The summed E-state index contributed by atoms with van der Waals surface area (Å²) >= 11 is 0. The number of rotatable bonds is 7. The summed E-state index contributed by atoms with van der Waals surface area (Å²) in [4.78, 5) is 35.0. The highest BCUT2D eigenvalue weighted by Gasteiger charge is 2.28. The molecule has 0 saturated heterocycles. The third-order valence-electron chi connectivity index (χ3n) is 5.46. The zero-order valence-corrected chi connectivity index (χ0v) is 17.5. The molecule has 1 aliphatic carbocycles. The van der Waals surface area contributed by atoms with E-state index in [4.69, 9.17) is 9.84 Å². The number of carbonyl (C=O) groups excluding carboxylic acids is 2. The standard InChI is InChI=1S/C25H21FN2O5/c26-21-13-15(24(30)31)9-10-22(21)28-23(29)11-12-27-25(32)33-14-20-18-7-3-1-5-16(18)17-6-2-4-8-19(17)20/h1-10,13,20H,11-12,14H2,(H,27,32)(H,28,29)(H,30,31). The van der Waals surface area contributed by atoms with Gasteiger partial charge in [0, 0.05) is 18.9 Å². The summed E-state index contributed by atoms with van der Waals surface area (Å²) in [5, 5.41) is 13.7. The largest absolute Gasteiger partial charge is 0.478 e. The van der Waals surface area contributed by atoms with E-state index in [1.807, 2.05) is 48.5 Å². The zero-order chi connectivity index (χ0) is 23.4. The highest BCUT2D eigenvalue weighted by atomic mass is 19.1. The van der Waals surface area contributed by atoms with Crippen molar-refractivity contribution in [2.75, 3.05) is 18.5 Å². The lowest BCUT2D eigenvalue weighted by Gasteiger charge is -2.14. The Hall–Kier alpha value is -4.20. The van der Waals surface area contributed by atoms with Gasteiger partial charge in [-0.2, -0.15) is 0 Å². The van der Waals surface area contributed by atoms with Gasteiger partial charge in [-0.05, 0) is 40.5 Å². The summed E-state index contributed by atoms with van der Waals surface area (Å²) < 4.78 is 19.3. The summed E-state index contributed by atoms with van der Waals surface area (Å²) in [6.07, 6.45) is -0.758. The van der Waals surface area contributed by atoms with Crippen LogP contribution in [0, 0.1) is 5.82 Å². The predicted molar refractivity (Wildman–Crippen MR) is 120 cm³/mol. The number of hydrogen-bond donors (Lipinski definition) is 3. The molecular formula is C25H21FN2O5. The van der Waals surface area contributed by atoms with E-state index in [2.05, 4.69) is 10.6 Å². The monoisotopic (exact) mass is 448 g/mol. The van der Waals surface area contributed by atoms with Crippen LogP contribution in [-0.2, 0) is 9.53 Å². The van der Waals surface area contributed by atoms with E-state index in [0.29, 0.717) is 0 Å². The number of amides is 2. The minimum atomic E-state index is -1.26. The molecule has 8 heteroatoms. The first-order chi connectivity index (χ1) is 15.9. The maximum atomic E-state index is 13.9. The Balaban J connectivity index is 1.26. The van der Waals surface area contributed by atoms with Crippen molar-refractivity contribution < 1.29 is 28.6 Å². The van der Waals surface area contributed by atoms with Crippen molar-refractivity contribution in [3.8, 4) is 11.1 Å². The Kier molecular flexibility index (Phi) is 6.35. The van der Waals surface area contributed by atoms with Crippen LogP contribution in [0.3, 0.4) is 0 Å². The second-order valence-electron chi connectivity index (χ2n) is 7.55. The number of nitrogens with one attached hydrogen (secondary N) is 2. The van der Waals surface area contributed by atoms with Crippen LogP contribution >= 0.6 is 0 Å². The first-order valence-electron chi connectivity index (χ1n) is 10.4. The van der Waals surface area contributed by atoms with Gasteiger partial charge in [0.15, 0.2) is 0 Å². The zero-order valence-electron chi connectivity index (χ0n) is 17.5. The minimum Gasteiger partial charge on any atom is -0.478 e. The molecule has 7 nitrogen and oxygen atoms in total. The van der Waals surface area contributed by atoms with Gasteiger partial charge in [-0.15, -0.1) is 0 Å². The lowest BCUT2D eigenvalue weighted by Crippen LogP contribution is -2.29. The fourth-order valence-corrected chi connectivity index (χ4v) is 3.89. The third-order valence-corrected chi connectivity index (χ3v) is 5.46. The van der Waals surface area contributed by atoms with Crippen LogP contribution in [0.25, 0.3) is 11.1 Å². The van der Waals surface area contributed by atoms with Gasteiger partial charge in [-0.25, -0.2) is 14.0 Å². The first kappa shape index (κ1) is 22.0. The number of carboxylic acids is 1. The third kappa shape index (κ3) is 4.85. The van der Waals surface area contributed by atoms with E-state index < -0.39 is 23.8 Å². The smallest absolute Gasteiger partial charge is 0.407 e. The number of ether oxygens (including phenoxy) is 1. The quantitative estimate of drug-likeness (QED) is 0.497. The Morgan fingerprint density at radius 1 is 0.939 bits per heavy atom. The van der Waals surface area contributed by atoms with Gasteiger partial charge in [-0.1, -0.05) is 48.5 Å². The SMILES string of the molecule is O=C(CCNC(=O)OCC1c2ccccc2-c2ccccc21)Nc1ccc(C(=O)O)cc1F. The van der Waals surface area contributed by atoms with Gasteiger partial charge in [0.2, 0.25) is 5.91 Å². The molecule has 0 unspecified atom stereocenters. The Labute approximate surface area is 189 Å². The Bertz CT molecular complexity index is 1180. The maximum absolute atomic E-state index is 13.9. The molecule has 3 aromatic carbocycles.